The smallest absolute Gasteiger partial charge is 0.257 e. The number of anilines is 2. The van der Waals surface area contributed by atoms with Crippen LogP contribution in [0.2, 0.25) is 0 Å². The topological polar surface area (TPSA) is 61.8 Å². The number of morpholine rings is 1. The van der Waals surface area contributed by atoms with Gasteiger partial charge in [0.1, 0.15) is 0 Å². The molecule has 0 radical (unpaired) electrons. The minimum Gasteiger partial charge on any atom is -0.378 e. The van der Waals surface area contributed by atoms with E-state index in [9.17, 15) is 9.90 Å². The van der Waals surface area contributed by atoms with Crippen LogP contribution in [-0.2, 0) is 9.53 Å². The van der Waals surface area contributed by atoms with Gasteiger partial charge in [0.05, 0.1) is 18.9 Å². The van der Waals surface area contributed by atoms with Gasteiger partial charge in [0.15, 0.2) is 6.10 Å². The Hall–Kier alpha value is -1.11. The molecule has 1 amide bonds. The first-order valence-corrected chi connectivity index (χ1v) is 7.04. The van der Waals surface area contributed by atoms with Crippen molar-refractivity contribution in [1.29, 1.82) is 0 Å². The number of benzene rings is 1. The highest BCUT2D eigenvalue weighted by molar-refractivity contribution is 9.10. The molecule has 0 saturated carbocycles. The third kappa shape index (κ3) is 2.13. The number of carbonyl (C=O) groups excluding carboxylic acids is 1. The van der Waals surface area contributed by atoms with Gasteiger partial charge in [-0.3, -0.25) is 4.79 Å². The Balaban J connectivity index is 2.00. The molecule has 2 heterocycles. The van der Waals surface area contributed by atoms with Crippen molar-refractivity contribution in [3.05, 3.63) is 22.2 Å². The zero-order valence-corrected chi connectivity index (χ0v) is 12.1. The number of nitrogens with one attached hydrogen (secondary N) is 1. The zero-order valence-electron chi connectivity index (χ0n) is 10.5. The van der Waals surface area contributed by atoms with Crippen molar-refractivity contribution in [2.75, 3.05) is 30.0 Å². The predicted octanol–water partition coefficient (Wildman–Crippen LogP) is 1.66. The number of nitrogens with zero attached hydrogens (tertiary/aromatic N) is 1. The molecule has 2 atom stereocenters. The Kier molecular flexibility index (Phi) is 3.24. The number of amides is 1. The molecule has 2 aliphatic rings. The molecule has 0 bridgehead atoms. The Morgan fingerprint density at radius 2 is 2.32 bits per heavy atom. The Morgan fingerprint density at radius 3 is 3.05 bits per heavy atom. The first-order chi connectivity index (χ1) is 9.08. The monoisotopic (exact) mass is 326 g/mol. The van der Waals surface area contributed by atoms with E-state index in [0.29, 0.717) is 24.5 Å². The molecule has 102 valence electrons. The van der Waals surface area contributed by atoms with E-state index in [2.05, 4.69) is 33.1 Å². The van der Waals surface area contributed by atoms with Crippen molar-refractivity contribution in [3.8, 4) is 0 Å². The van der Waals surface area contributed by atoms with Crippen LogP contribution >= 0.6 is 15.9 Å². The lowest BCUT2D eigenvalue weighted by Gasteiger charge is -2.36. The van der Waals surface area contributed by atoms with E-state index < -0.39 is 6.10 Å². The Bertz CT molecular complexity index is 535. The zero-order chi connectivity index (χ0) is 13.6. The molecule has 2 unspecified atom stereocenters. The molecular formula is C13H15BrN2O3. The number of hydrogen-bond acceptors (Lipinski definition) is 4. The molecule has 5 nitrogen and oxygen atoms in total. The number of carbonyl (C=O) groups is 1. The van der Waals surface area contributed by atoms with Crippen LogP contribution in [0.15, 0.2) is 16.6 Å². The van der Waals surface area contributed by atoms with Crippen molar-refractivity contribution >= 4 is 33.2 Å². The van der Waals surface area contributed by atoms with Gasteiger partial charge in [-0.2, -0.15) is 0 Å². The molecule has 1 aromatic rings. The molecule has 2 aliphatic heterocycles. The maximum absolute atomic E-state index is 11.5. The molecular weight excluding hydrogens is 312 g/mol. The molecule has 2 N–H and O–H groups in total. The molecule has 3 rings (SSSR count). The van der Waals surface area contributed by atoms with E-state index in [1.54, 1.807) is 0 Å². The summed E-state index contributed by atoms with van der Waals surface area (Å²) in [5.41, 5.74) is 2.33. The van der Waals surface area contributed by atoms with E-state index in [-0.39, 0.29) is 11.9 Å². The third-order valence-corrected chi connectivity index (χ3v) is 4.23. The quantitative estimate of drug-likeness (QED) is 0.824. The predicted molar refractivity (Wildman–Crippen MR) is 75.4 cm³/mol. The van der Waals surface area contributed by atoms with E-state index in [0.717, 1.165) is 16.7 Å². The van der Waals surface area contributed by atoms with Crippen LogP contribution in [0.25, 0.3) is 0 Å². The highest BCUT2D eigenvalue weighted by Gasteiger charge is 2.31. The van der Waals surface area contributed by atoms with Gasteiger partial charge in [0.2, 0.25) is 0 Å². The average molecular weight is 327 g/mol. The number of aliphatic hydroxyl groups excluding tert-OH is 1. The number of aliphatic hydroxyl groups is 1. The van der Waals surface area contributed by atoms with Crippen LogP contribution in [0.4, 0.5) is 11.4 Å². The number of halogens is 1. The molecule has 19 heavy (non-hydrogen) atoms. The molecule has 0 aromatic heterocycles. The fraction of sp³-hybridized carbons (Fsp3) is 0.462. The van der Waals surface area contributed by atoms with E-state index in [1.165, 1.54) is 0 Å². The first kappa shape index (κ1) is 12.9. The summed E-state index contributed by atoms with van der Waals surface area (Å²) in [5.74, 6) is -0.367. The lowest BCUT2D eigenvalue weighted by molar-refractivity contribution is -0.123. The number of fused-ring (bicyclic) bond motifs is 1. The maximum atomic E-state index is 11.5. The SMILES string of the molecule is CC1COCCN1c1cc2c(cc1Br)C(O)C(=O)N2. The Morgan fingerprint density at radius 1 is 1.53 bits per heavy atom. The van der Waals surface area contributed by atoms with Crippen molar-refractivity contribution in [2.24, 2.45) is 0 Å². The van der Waals surface area contributed by atoms with E-state index in [4.69, 9.17) is 4.74 Å². The Labute approximate surface area is 119 Å². The van der Waals surface area contributed by atoms with Gasteiger partial charge in [0.25, 0.3) is 5.91 Å². The lowest BCUT2D eigenvalue weighted by atomic mass is 10.1. The van der Waals surface area contributed by atoms with Gasteiger partial charge < -0.3 is 20.1 Å². The summed E-state index contributed by atoms with van der Waals surface area (Å²) >= 11 is 3.53. The van der Waals surface area contributed by atoms with Crippen LogP contribution in [0.3, 0.4) is 0 Å². The van der Waals surface area contributed by atoms with Crippen molar-refractivity contribution in [1.82, 2.24) is 0 Å². The van der Waals surface area contributed by atoms with Gasteiger partial charge in [0, 0.05) is 28.3 Å². The summed E-state index contributed by atoms with van der Waals surface area (Å²) in [6.45, 7) is 4.31. The number of rotatable bonds is 1. The minimum atomic E-state index is -1.07. The van der Waals surface area contributed by atoms with Gasteiger partial charge in [-0.15, -0.1) is 0 Å². The van der Waals surface area contributed by atoms with Crippen molar-refractivity contribution < 1.29 is 14.6 Å². The molecule has 6 heteroatoms. The second kappa shape index (κ2) is 4.77. The largest absolute Gasteiger partial charge is 0.378 e. The minimum absolute atomic E-state index is 0.283. The lowest BCUT2D eigenvalue weighted by Crippen LogP contribution is -2.43. The number of hydrogen-bond donors (Lipinski definition) is 2. The first-order valence-electron chi connectivity index (χ1n) is 6.24. The van der Waals surface area contributed by atoms with Crippen molar-refractivity contribution in [3.63, 3.8) is 0 Å². The molecule has 1 saturated heterocycles. The van der Waals surface area contributed by atoms with Crippen LogP contribution in [-0.4, -0.2) is 36.8 Å². The summed E-state index contributed by atoms with van der Waals surface area (Å²) < 4.78 is 6.32. The normalized spacial score (nSPS) is 26.3. The summed E-state index contributed by atoms with van der Waals surface area (Å²) in [4.78, 5) is 13.7. The van der Waals surface area contributed by atoms with Gasteiger partial charge in [-0.1, -0.05) is 0 Å². The highest BCUT2D eigenvalue weighted by Crippen LogP contribution is 2.39. The summed E-state index contributed by atoms with van der Waals surface area (Å²) in [7, 11) is 0. The van der Waals surface area contributed by atoms with E-state index in [1.807, 2.05) is 12.1 Å². The van der Waals surface area contributed by atoms with Gasteiger partial charge >= 0.3 is 0 Å². The summed E-state index contributed by atoms with van der Waals surface area (Å²) in [6.07, 6.45) is -1.07. The standard InChI is InChI=1S/C13H15BrN2O3/c1-7-6-19-3-2-16(7)11-5-10-8(4-9(11)14)12(17)13(18)15-10/h4-5,7,12,17H,2-3,6H2,1H3,(H,15,18). The van der Waals surface area contributed by atoms with Crippen LogP contribution in [0.1, 0.15) is 18.6 Å². The second-order valence-corrected chi connectivity index (χ2v) is 5.75. The number of ether oxygens (including phenoxy) is 1. The fourth-order valence-corrected chi connectivity index (χ4v) is 3.15. The average Bonchev–Trinajstić information content (AvgIpc) is 2.66. The highest BCUT2D eigenvalue weighted by atomic mass is 79.9. The fourth-order valence-electron chi connectivity index (χ4n) is 2.56. The molecule has 0 spiro atoms. The molecule has 0 aliphatic carbocycles. The summed E-state index contributed by atoms with van der Waals surface area (Å²) in [5, 5.41) is 12.5. The second-order valence-electron chi connectivity index (χ2n) is 4.90. The van der Waals surface area contributed by atoms with Gasteiger partial charge in [-0.05, 0) is 35.0 Å². The van der Waals surface area contributed by atoms with Gasteiger partial charge in [-0.25, -0.2) is 0 Å². The summed E-state index contributed by atoms with van der Waals surface area (Å²) in [6, 6.07) is 4.01. The third-order valence-electron chi connectivity index (χ3n) is 3.60. The van der Waals surface area contributed by atoms with Crippen molar-refractivity contribution in [2.45, 2.75) is 19.1 Å². The molecule has 1 aromatic carbocycles. The van der Waals surface area contributed by atoms with Crippen LogP contribution < -0.4 is 10.2 Å². The van der Waals surface area contributed by atoms with Crippen LogP contribution in [0.5, 0.6) is 0 Å². The maximum Gasteiger partial charge on any atom is 0.257 e. The van der Waals surface area contributed by atoms with E-state index >= 15 is 0 Å². The van der Waals surface area contributed by atoms with Crippen LogP contribution in [0, 0.1) is 0 Å². The molecule has 1 fully saturated rings.